The van der Waals surface area contributed by atoms with Crippen molar-refractivity contribution in [2.24, 2.45) is 0 Å². The first-order valence-electron chi connectivity index (χ1n) is 10.8. The molecule has 1 aliphatic rings. The zero-order valence-electron chi connectivity index (χ0n) is 18.6. The van der Waals surface area contributed by atoms with Crippen molar-refractivity contribution in [3.05, 3.63) is 95.7 Å². The second-order valence-corrected chi connectivity index (χ2v) is 9.85. The fourth-order valence-corrected chi connectivity index (χ4v) is 5.98. The van der Waals surface area contributed by atoms with E-state index in [1.54, 1.807) is 48.2 Å². The molecular formula is C25H21ClFN3O3S. The van der Waals surface area contributed by atoms with Crippen LogP contribution in [-0.2, 0) is 24.3 Å². The van der Waals surface area contributed by atoms with Crippen LogP contribution >= 0.6 is 22.9 Å². The number of fused-ring (bicyclic) bond motifs is 3. The van der Waals surface area contributed by atoms with Gasteiger partial charge in [-0.05, 0) is 42.7 Å². The van der Waals surface area contributed by atoms with Crippen molar-refractivity contribution >= 4 is 39.1 Å². The predicted octanol–water partition coefficient (Wildman–Crippen LogP) is 4.27. The number of rotatable bonds is 3. The second-order valence-electron chi connectivity index (χ2n) is 8.36. The highest BCUT2D eigenvalue weighted by Crippen LogP contribution is 2.34. The van der Waals surface area contributed by atoms with Crippen LogP contribution in [0.2, 0.25) is 5.02 Å². The lowest BCUT2D eigenvalue weighted by Gasteiger charge is -2.25. The van der Waals surface area contributed by atoms with Crippen LogP contribution in [0, 0.1) is 12.7 Å². The van der Waals surface area contributed by atoms with E-state index in [0.717, 1.165) is 15.0 Å². The molecule has 0 radical (unpaired) electrons. The number of nitrogens with zero attached hydrogens (tertiary/aromatic N) is 3. The minimum Gasteiger partial charge on any atom is -0.337 e. The summed E-state index contributed by atoms with van der Waals surface area (Å²) in [5, 5.41) is 0.882. The molecule has 0 spiro atoms. The molecule has 0 saturated carbocycles. The van der Waals surface area contributed by atoms with Crippen LogP contribution in [0.25, 0.3) is 15.9 Å². The lowest BCUT2D eigenvalue weighted by Crippen LogP contribution is -2.40. The van der Waals surface area contributed by atoms with E-state index in [9.17, 15) is 18.8 Å². The molecule has 4 aromatic rings. The lowest BCUT2D eigenvalue weighted by molar-refractivity contribution is -0.129. The molecule has 2 aromatic heterocycles. The zero-order valence-corrected chi connectivity index (χ0v) is 20.2. The quantitative estimate of drug-likeness (QED) is 0.424. The van der Waals surface area contributed by atoms with Crippen LogP contribution in [-0.4, -0.2) is 26.5 Å². The standard InChI is InChI=1S/C25H21ClFN3O3S/c1-14-18(26)7-5-9-20(14)30-23(32)22-17-10-11-28(15(2)31)13-21(17)34-24(22)29(25(30)33)12-16-6-3-4-8-19(16)27/h3-9H,10-13H2,1-2H3. The molecule has 0 bridgehead atoms. The van der Waals surface area contributed by atoms with Crippen molar-refractivity contribution in [3.8, 4) is 5.69 Å². The Kier molecular flexibility index (Phi) is 5.65. The number of thiophene rings is 1. The highest BCUT2D eigenvalue weighted by molar-refractivity contribution is 7.18. The largest absolute Gasteiger partial charge is 0.337 e. The Balaban J connectivity index is 1.84. The third kappa shape index (κ3) is 3.58. The summed E-state index contributed by atoms with van der Waals surface area (Å²) in [7, 11) is 0. The Morgan fingerprint density at radius 1 is 1.15 bits per heavy atom. The summed E-state index contributed by atoms with van der Waals surface area (Å²) in [5.74, 6) is -0.470. The molecule has 1 amide bonds. The Morgan fingerprint density at radius 3 is 2.65 bits per heavy atom. The molecule has 174 valence electrons. The summed E-state index contributed by atoms with van der Waals surface area (Å²) in [5.41, 5.74) is 1.20. The predicted molar refractivity (Wildman–Crippen MR) is 132 cm³/mol. The van der Waals surface area contributed by atoms with Gasteiger partial charge in [-0.1, -0.05) is 35.9 Å². The number of benzene rings is 2. The van der Waals surface area contributed by atoms with Crippen LogP contribution in [0.4, 0.5) is 4.39 Å². The van der Waals surface area contributed by atoms with Gasteiger partial charge in [0.25, 0.3) is 5.56 Å². The molecule has 6 nitrogen and oxygen atoms in total. The fraction of sp³-hybridized carbons (Fsp3) is 0.240. The van der Waals surface area contributed by atoms with Crippen molar-refractivity contribution in [1.82, 2.24) is 14.0 Å². The molecular weight excluding hydrogens is 477 g/mol. The van der Waals surface area contributed by atoms with E-state index < -0.39 is 17.1 Å². The third-order valence-corrected chi connectivity index (χ3v) is 7.98. The Morgan fingerprint density at radius 2 is 1.91 bits per heavy atom. The van der Waals surface area contributed by atoms with E-state index in [2.05, 4.69) is 0 Å². The van der Waals surface area contributed by atoms with Crippen molar-refractivity contribution in [1.29, 1.82) is 0 Å². The molecule has 0 aliphatic carbocycles. The van der Waals surface area contributed by atoms with Crippen LogP contribution in [0.1, 0.15) is 28.5 Å². The van der Waals surface area contributed by atoms with Crippen LogP contribution in [0.3, 0.4) is 0 Å². The number of hydrogen-bond acceptors (Lipinski definition) is 4. The molecule has 0 N–H and O–H groups in total. The lowest BCUT2D eigenvalue weighted by atomic mass is 10.1. The van der Waals surface area contributed by atoms with E-state index >= 15 is 0 Å². The molecule has 1 aliphatic heterocycles. The number of hydrogen-bond donors (Lipinski definition) is 0. The maximum absolute atomic E-state index is 14.6. The summed E-state index contributed by atoms with van der Waals surface area (Å²) < 4.78 is 17.1. The molecule has 3 heterocycles. The summed E-state index contributed by atoms with van der Waals surface area (Å²) in [4.78, 5) is 42.6. The van der Waals surface area contributed by atoms with Gasteiger partial charge in [-0.3, -0.25) is 14.2 Å². The van der Waals surface area contributed by atoms with Gasteiger partial charge in [0.05, 0.1) is 24.2 Å². The molecule has 0 unspecified atom stereocenters. The number of amides is 1. The van der Waals surface area contributed by atoms with E-state index in [4.69, 9.17) is 11.6 Å². The summed E-state index contributed by atoms with van der Waals surface area (Å²) >= 11 is 7.63. The molecule has 2 aromatic carbocycles. The van der Waals surface area contributed by atoms with Gasteiger partial charge in [0.2, 0.25) is 5.91 Å². The Hall–Kier alpha value is -3.23. The third-order valence-electron chi connectivity index (χ3n) is 6.33. The molecule has 0 fully saturated rings. The van der Waals surface area contributed by atoms with Gasteiger partial charge >= 0.3 is 5.69 Å². The van der Waals surface area contributed by atoms with Crippen molar-refractivity contribution in [2.45, 2.75) is 33.4 Å². The normalized spacial score (nSPS) is 13.4. The summed E-state index contributed by atoms with van der Waals surface area (Å²) in [6, 6.07) is 11.3. The van der Waals surface area contributed by atoms with Gasteiger partial charge in [0, 0.05) is 28.9 Å². The number of carbonyl (C=O) groups is 1. The molecule has 9 heteroatoms. The van der Waals surface area contributed by atoms with Gasteiger partial charge in [-0.25, -0.2) is 13.8 Å². The maximum Gasteiger partial charge on any atom is 0.337 e. The van der Waals surface area contributed by atoms with Crippen molar-refractivity contribution in [2.75, 3.05) is 6.54 Å². The molecule has 0 atom stereocenters. The number of carbonyl (C=O) groups excluding carboxylic acids is 1. The van der Waals surface area contributed by atoms with Gasteiger partial charge < -0.3 is 4.90 Å². The van der Waals surface area contributed by atoms with Crippen molar-refractivity contribution < 1.29 is 9.18 Å². The summed E-state index contributed by atoms with van der Waals surface area (Å²) in [6.07, 6.45) is 0.510. The maximum atomic E-state index is 14.6. The smallest absolute Gasteiger partial charge is 0.337 e. The SMILES string of the molecule is CC(=O)N1CCc2c(sc3c2c(=O)n(-c2cccc(Cl)c2C)c(=O)n3Cc2ccccc2F)C1. The Labute approximate surface area is 203 Å². The van der Waals surface area contributed by atoms with Gasteiger partial charge in [-0.15, -0.1) is 11.3 Å². The Bertz CT molecular complexity index is 1590. The molecule has 34 heavy (non-hydrogen) atoms. The van der Waals surface area contributed by atoms with Crippen LogP contribution < -0.4 is 11.2 Å². The van der Waals surface area contributed by atoms with E-state index in [1.165, 1.54) is 28.9 Å². The molecule has 5 rings (SSSR count). The van der Waals surface area contributed by atoms with Gasteiger partial charge in [0.15, 0.2) is 0 Å². The monoisotopic (exact) mass is 497 g/mol. The first-order valence-corrected chi connectivity index (χ1v) is 12.0. The van der Waals surface area contributed by atoms with Crippen molar-refractivity contribution in [3.63, 3.8) is 0 Å². The van der Waals surface area contributed by atoms with E-state index in [0.29, 0.717) is 51.6 Å². The first-order chi connectivity index (χ1) is 16.3. The summed E-state index contributed by atoms with van der Waals surface area (Å²) in [6.45, 7) is 4.12. The number of halogens is 2. The van der Waals surface area contributed by atoms with Crippen LogP contribution in [0.15, 0.2) is 52.1 Å². The minimum atomic E-state index is -0.562. The fourth-order valence-electron chi connectivity index (χ4n) is 4.46. The zero-order chi connectivity index (χ0) is 24.1. The van der Waals surface area contributed by atoms with Gasteiger partial charge in [-0.2, -0.15) is 0 Å². The highest BCUT2D eigenvalue weighted by atomic mass is 35.5. The second kappa shape index (κ2) is 8.52. The average molecular weight is 498 g/mol. The molecule has 0 saturated heterocycles. The first kappa shape index (κ1) is 22.6. The van der Waals surface area contributed by atoms with Gasteiger partial charge in [0.1, 0.15) is 10.6 Å². The van der Waals surface area contributed by atoms with E-state index in [1.807, 2.05) is 0 Å². The minimum absolute atomic E-state index is 0.0300. The van der Waals surface area contributed by atoms with Crippen LogP contribution in [0.5, 0.6) is 0 Å². The highest BCUT2D eigenvalue weighted by Gasteiger charge is 2.28. The van der Waals surface area contributed by atoms with E-state index in [-0.39, 0.29) is 12.5 Å². The number of aromatic nitrogens is 2. The topological polar surface area (TPSA) is 64.3 Å². The average Bonchev–Trinajstić information content (AvgIpc) is 3.19.